The summed E-state index contributed by atoms with van der Waals surface area (Å²) < 4.78 is 10.7. The highest BCUT2D eigenvalue weighted by Gasteiger charge is 2.56. The first-order chi connectivity index (χ1) is 22.4. The van der Waals surface area contributed by atoms with Crippen molar-refractivity contribution >= 4 is 35.2 Å². The standard InChI is InChI=1S/C35H34N6O5/c1-21-7-4-5-10-28(21)40-34(43)31-33(35(40)44)39(38-36-31)20-29(42)41-32(23-13-17-26(46-3)18-14-23)27-9-6-8-24(30(27)37-41)19-22-11-15-25(45-2)16-12-22/h4-5,7,10-19,27,31-33H,6,8-9,20H2,1-3H3/b24-19+/t27-,31+,32-,33+/m1/s1. The number of ether oxygens (including phenoxy) is 2. The Morgan fingerprint density at radius 2 is 1.61 bits per heavy atom. The second-order valence-corrected chi connectivity index (χ2v) is 11.9. The smallest absolute Gasteiger partial charge is 0.264 e. The summed E-state index contributed by atoms with van der Waals surface area (Å²) >= 11 is 0. The Balaban J connectivity index is 1.19. The first-order valence-corrected chi connectivity index (χ1v) is 15.4. The van der Waals surface area contributed by atoms with Gasteiger partial charge in [-0.15, -0.1) is 0 Å². The summed E-state index contributed by atoms with van der Waals surface area (Å²) in [4.78, 5) is 42.3. The predicted octanol–water partition coefficient (Wildman–Crippen LogP) is 5.13. The van der Waals surface area contributed by atoms with Crippen LogP contribution in [0.1, 0.15) is 42.0 Å². The van der Waals surface area contributed by atoms with E-state index in [1.807, 2.05) is 67.6 Å². The number of hydrazone groups is 1. The number of para-hydroxylation sites is 1. The Kier molecular flexibility index (Phi) is 7.59. The monoisotopic (exact) mass is 618 g/mol. The number of fused-ring (bicyclic) bond motifs is 2. The van der Waals surface area contributed by atoms with E-state index in [1.165, 1.54) is 14.9 Å². The van der Waals surface area contributed by atoms with Crippen molar-refractivity contribution in [3.63, 3.8) is 0 Å². The molecule has 46 heavy (non-hydrogen) atoms. The fraction of sp³-hybridized carbons (Fsp3) is 0.314. The van der Waals surface area contributed by atoms with Gasteiger partial charge in [-0.2, -0.15) is 10.2 Å². The molecule has 1 saturated heterocycles. The van der Waals surface area contributed by atoms with E-state index in [-0.39, 0.29) is 24.4 Å². The maximum Gasteiger partial charge on any atom is 0.264 e. The zero-order valence-electron chi connectivity index (χ0n) is 25.9. The molecule has 3 heterocycles. The second-order valence-electron chi connectivity index (χ2n) is 11.9. The first kappa shape index (κ1) is 29.4. The third-order valence-corrected chi connectivity index (χ3v) is 9.18. The van der Waals surface area contributed by atoms with Crippen LogP contribution in [0.5, 0.6) is 11.5 Å². The molecule has 3 aromatic rings. The molecule has 0 bridgehead atoms. The van der Waals surface area contributed by atoms with Gasteiger partial charge < -0.3 is 9.47 Å². The molecule has 7 rings (SSSR count). The number of hydrogen-bond donors (Lipinski definition) is 0. The number of rotatable bonds is 7. The summed E-state index contributed by atoms with van der Waals surface area (Å²) in [6.45, 7) is 1.59. The SMILES string of the molecule is COc1ccc(/C=C2\CCC[C@@H]3C2=NN(C(=O)CN2N=N[C@@H]4C(=O)N(c5ccccc5C)C(=O)[C@H]42)[C@@H]3c2ccc(OC)cc2)cc1. The number of imide groups is 1. The van der Waals surface area contributed by atoms with Gasteiger partial charge in [0.25, 0.3) is 17.7 Å². The predicted molar refractivity (Wildman–Crippen MR) is 171 cm³/mol. The lowest BCUT2D eigenvalue weighted by Gasteiger charge is -2.30. The minimum Gasteiger partial charge on any atom is -0.497 e. The third-order valence-electron chi connectivity index (χ3n) is 9.18. The van der Waals surface area contributed by atoms with Gasteiger partial charge in [0.1, 0.15) is 18.0 Å². The average Bonchev–Trinajstić information content (AvgIpc) is 3.75. The van der Waals surface area contributed by atoms with E-state index < -0.39 is 23.9 Å². The van der Waals surface area contributed by atoms with Gasteiger partial charge in [-0.05, 0) is 84.9 Å². The number of anilines is 1. The molecular formula is C35H34N6O5. The number of carbonyl (C=O) groups is 3. The van der Waals surface area contributed by atoms with Gasteiger partial charge in [-0.3, -0.25) is 19.4 Å². The molecule has 3 amide bonds. The largest absolute Gasteiger partial charge is 0.497 e. The van der Waals surface area contributed by atoms with E-state index in [9.17, 15) is 14.4 Å². The van der Waals surface area contributed by atoms with E-state index in [4.69, 9.17) is 14.6 Å². The van der Waals surface area contributed by atoms with Crippen molar-refractivity contribution in [3.05, 3.63) is 95.1 Å². The number of nitrogens with zero attached hydrogens (tertiary/aromatic N) is 6. The normalized spacial score (nSPS) is 24.4. The van der Waals surface area contributed by atoms with Crippen LogP contribution < -0.4 is 14.4 Å². The molecule has 11 nitrogen and oxygen atoms in total. The van der Waals surface area contributed by atoms with Crippen LogP contribution in [0.25, 0.3) is 6.08 Å². The van der Waals surface area contributed by atoms with Gasteiger partial charge >= 0.3 is 0 Å². The number of methoxy groups -OCH3 is 2. The van der Waals surface area contributed by atoms with E-state index in [0.29, 0.717) is 5.69 Å². The summed E-state index contributed by atoms with van der Waals surface area (Å²) in [5, 5.41) is 16.1. The summed E-state index contributed by atoms with van der Waals surface area (Å²) in [5.41, 5.74) is 5.23. The molecule has 0 aromatic heterocycles. The van der Waals surface area contributed by atoms with Gasteiger partial charge in [0, 0.05) is 5.92 Å². The summed E-state index contributed by atoms with van der Waals surface area (Å²) in [6.07, 6.45) is 4.79. The maximum atomic E-state index is 14.2. The van der Waals surface area contributed by atoms with Crippen LogP contribution in [0.15, 0.2) is 93.8 Å². The fourth-order valence-corrected chi connectivity index (χ4v) is 6.86. The Bertz CT molecular complexity index is 1780. The summed E-state index contributed by atoms with van der Waals surface area (Å²) in [6, 6.07) is 20.4. The Hall–Kier alpha value is -5.32. The van der Waals surface area contributed by atoms with Gasteiger partial charge in [0.05, 0.1) is 31.7 Å². The molecule has 1 saturated carbocycles. The molecule has 0 radical (unpaired) electrons. The zero-order chi connectivity index (χ0) is 31.9. The third kappa shape index (κ3) is 5.01. The van der Waals surface area contributed by atoms with Crippen LogP contribution in [-0.2, 0) is 14.4 Å². The highest BCUT2D eigenvalue weighted by Crippen LogP contribution is 2.45. The molecule has 2 fully saturated rings. The maximum absolute atomic E-state index is 14.2. The topological polar surface area (TPSA) is 116 Å². The molecule has 4 aliphatic rings. The van der Waals surface area contributed by atoms with Crippen molar-refractivity contribution < 1.29 is 23.9 Å². The van der Waals surface area contributed by atoms with Gasteiger partial charge in [-0.1, -0.05) is 47.7 Å². The van der Waals surface area contributed by atoms with Crippen LogP contribution >= 0.6 is 0 Å². The van der Waals surface area contributed by atoms with Crippen molar-refractivity contribution in [2.45, 2.75) is 44.3 Å². The number of allylic oxidation sites excluding steroid dienone is 1. The van der Waals surface area contributed by atoms with Crippen molar-refractivity contribution in [1.82, 2.24) is 10.0 Å². The van der Waals surface area contributed by atoms with Gasteiger partial charge in [-0.25, -0.2) is 9.91 Å². The summed E-state index contributed by atoms with van der Waals surface area (Å²) in [5.74, 6) is 0.259. The van der Waals surface area contributed by atoms with Crippen LogP contribution in [0, 0.1) is 12.8 Å². The first-order valence-electron chi connectivity index (χ1n) is 15.4. The Morgan fingerprint density at radius 1 is 0.913 bits per heavy atom. The quantitative estimate of drug-likeness (QED) is 0.339. The lowest BCUT2D eigenvalue weighted by atomic mass is 9.77. The number of hydrogen-bond acceptors (Lipinski definition) is 9. The Morgan fingerprint density at radius 3 is 2.30 bits per heavy atom. The molecular weight excluding hydrogens is 584 g/mol. The minimum atomic E-state index is -0.996. The number of carbonyl (C=O) groups excluding carboxylic acids is 3. The number of aryl methyl sites for hydroxylation is 1. The second kappa shape index (κ2) is 11.9. The van der Waals surface area contributed by atoms with Gasteiger partial charge in [0.2, 0.25) is 0 Å². The highest BCUT2D eigenvalue weighted by atomic mass is 16.5. The van der Waals surface area contributed by atoms with E-state index in [1.54, 1.807) is 26.4 Å². The Labute approximate surface area is 266 Å². The molecule has 0 N–H and O–H groups in total. The lowest BCUT2D eigenvalue weighted by Crippen LogP contribution is -2.45. The number of amides is 3. The lowest BCUT2D eigenvalue weighted by molar-refractivity contribution is -0.136. The summed E-state index contributed by atoms with van der Waals surface area (Å²) in [7, 11) is 3.26. The molecule has 3 aromatic carbocycles. The fourth-order valence-electron chi connectivity index (χ4n) is 6.86. The molecule has 234 valence electrons. The molecule has 4 atom stereocenters. The van der Waals surface area contributed by atoms with Crippen LogP contribution in [0.3, 0.4) is 0 Å². The van der Waals surface area contributed by atoms with E-state index in [0.717, 1.165) is 58.7 Å². The van der Waals surface area contributed by atoms with Crippen LogP contribution in [-0.4, -0.2) is 66.3 Å². The van der Waals surface area contributed by atoms with Crippen molar-refractivity contribution in [2.24, 2.45) is 21.4 Å². The molecule has 0 spiro atoms. The van der Waals surface area contributed by atoms with E-state index in [2.05, 4.69) is 16.4 Å². The molecule has 1 aliphatic carbocycles. The minimum absolute atomic E-state index is 0.0187. The molecule has 0 unspecified atom stereocenters. The van der Waals surface area contributed by atoms with Crippen LogP contribution in [0.2, 0.25) is 0 Å². The van der Waals surface area contributed by atoms with Crippen molar-refractivity contribution in [3.8, 4) is 11.5 Å². The molecule has 11 heteroatoms. The van der Waals surface area contributed by atoms with Crippen LogP contribution in [0.4, 0.5) is 5.69 Å². The highest BCUT2D eigenvalue weighted by molar-refractivity contribution is 6.25. The molecule has 3 aliphatic heterocycles. The average molecular weight is 619 g/mol. The number of benzene rings is 3. The van der Waals surface area contributed by atoms with E-state index >= 15 is 0 Å². The van der Waals surface area contributed by atoms with Crippen molar-refractivity contribution in [2.75, 3.05) is 25.7 Å². The van der Waals surface area contributed by atoms with Crippen molar-refractivity contribution in [1.29, 1.82) is 0 Å². The van der Waals surface area contributed by atoms with Gasteiger partial charge in [0.15, 0.2) is 12.1 Å². The zero-order valence-corrected chi connectivity index (χ0v) is 25.9.